The fourth-order valence-electron chi connectivity index (χ4n) is 3.13. The first-order chi connectivity index (χ1) is 13.5. The van der Waals surface area contributed by atoms with Gasteiger partial charge in [-0.3, -0.25) is 4.79 Å². The Bertz CT molecular complexity index is 1060. The third-order valence-corrected chi connectivity index (χ3v) is 6.32. The summed E-state index contributed by atoms with van der Waals surface area (Å²) in [5.74, 6) is 0.0673. The number of carbonyl (C=O) groups is 1. The van der Waals surface area contributed by atoms with Gasteiger partial charge in [0, 0.05) is 42.4 Å². The monoisotopic (exact) mass is 396 g/mol. The molecule has 1 amide bonds. The Morgan fingerprint density at radius 3 is 2.46 bits per heavy atom. The molecule has 3 heterocycles. The molecule has 7 nitrogen and oxygen atoms in total. The molecule has 1 aliphatic rings. The third-order valence-electron chi connectivity index (χ3n) is 4.71. The van der Waals surface area contributed by atoms with E-state index in [1.54, 1.807) is 12.1 Å². The molecule has 0 spiro atoms. The van der Waals surface area contributed by atoms with Gasteiger partial charge in [0.2, 0.25) is 0 Å². The first-order valence-corrected chi connectivity index (χ1v) is 10.8. The number of hydrogen-bond acceptors (Lipinski definition) is 5. The van der Waals surface area contributed by atoms with Gasteiger partial charge in [-0.15, -0.1) is 0 Å². The van der Waals surface area contributed by atoms with Crippen molar-refractivity contribution in [3.63, 3.8) is 0 Å². The summed E-state index contributed by atoms with van der Waals surface area (Å²) in [7, 11) is -2.91. The minimum absolute atomic E-state index is 0.175. The molecule has 1 saturated heterocycles. The van der Waals surface area contributed by atoms with Crippen LogP contribution in [-0.2, 0) is 9.84 Å². The van der Waals surface area contributed by atoms with Crippen LogP contribution in [0.5, 0.6) is 0 Å². The van der Waals surface area contributed by atoms with Gasteiger partial charge in [0.15, 0.2) is 9.84 Å². The highest BCUT2D eigenvalue weighted by atomic mass is 32.2. The number of sulfone groups is 1. The van der Waals surface area contributed by atoms with Gasteiger partial charge in [-0.1, -0.05) is 6.07 Å². The Balaban J connectivity index is 1.43. The highest BCUT2D eigenvalue weighted by Crippen LogP contribution is 2.21. The van der Waals surface area contributed by atoms with Crippen LogP contribution in [0.1, 0.15) is 10.5 Å². The van der Waals surface area contributed by atoms with Crippen LogP contribution in [0.15, 0.2) is 60.9 Å². The van der Waals surface area contributed by atoms with Crippen molar-refractivity contribution in [2.24, 2.45) is 0 Å². The Kier molecular flexibility index (Phi) is 4.87. The van der Waals surface area contributed by atoms with Crippen molar-refractivity contribution >= 4 is 27.1 Å². The van der Waals surface area contributed by atoms with Crippen LogP contribution < -0.4 is 10.2 Å². The number of aromatic nitrogens is 2. The first-order valence-electron chi connectivity index (χ1n) is 8.97. The standard InChI is InChI=1S/C20H20N4O3S/c25-20(19-3-1-2-18(23-19)15-8-9-21-14-15)22-16-4-6-17(7-5-16)24-10-12-28(26,27)13-11-24/h1-9,14,21H,10-13H2,(H,22,25). The maximum Gasteiger partial charge on any atom is 0.274 e. The average Bonchev–Trinajstić information content (AvgIpc) is 3.24. The van der Waals surface area contributed by atoms with Crippen molar-refractivity contribution in [3.8, 4) is 11.3 Å². The highest BCUT2D eigenvalue weighted by molar-refractivity contribution is 7.91. The molecule has 4 rings (SSSR count). The number of H-pyrrole nitrogens is 1. The summed E-state index contributed by atoms with van der Waals surface area (Å²) in [6.45, 7) is 0.980. The van der Waals surface area contributed by atoms with E-state index in [1.807, 2.05) is 53.7 Å². The van der Waals surface area contributed by atoms with E-state index in [0.29, 0.717) is 24.5 Å². The van der Waals surface area contributed by atoms with Crippen LogP contribution in [0.25, 0.3) is 11.3 Å². The normalized spacial score (nSPS) is 15.9. The maximum atomic E-state index is 12.5. The van der Waals surface area contributed by atoms with Gasteiger partial charge in [0.05, 0.1) is 17.2 Å². The summed E-state index contributed by atoms with van der Waals surface area (Å²) in [4.78, 5) is 22.0. The van der Waals surface area contributed by atoms with Gasteiger partial charge >= 0.3 is 0 Å². The number of amides is 1. The number of carbonyl (C=O) groups excluding carboxylic acids is 1. The number of anilines is 2. The minimum Gasteiger partial charge on any atom is -0.369 e. The van der Waals surface area contributed by atoms with E-state index in [-0.39, 0.29) is 17.4 Å². The lowest BCUT2D eigenvalue weighted by molar-refractivity contribution is 0.102. The fraction of sp³-hybridized carbons (Fsp3) is 0.200. The smallest absolute Gasteiger partial charge is 0.274 e. The number of nitrogens with one attached hydrogen (secondary N) is 2. The van der Waals surface area contributed by atoms with E-state index in [9.17, 15) is 13.2 Å². The van der Waals surface area contributed by atoms with Crippen molar-refractivity contribution in [3.05, 3.63) is 66.6 Å². The Hall–Kier alpha value is -3.13. The second-order valence-electron chi connectivity index (χ2n) is 6.65. The molecule has 0 bridgehead atoms. The summed E-state index contributed by atoms with van der Waals surface area (Å²) < 4.78 is 23.1. The van der Waals surface area contributed by atoms with Gasteiger partial charge in [-0.2, -0.15) is 0 Å². The Morgan fingerprint density at radius 1 is 1.04 bits per heavy atom. The molecule has 2 aromatic heterocycles. The lowest BCUT2D eigenvalue weighted by Gasteiger charge is -2.28. The molecule has 8 heteroatoms. The van der Waals surface area contributed by atoms with E-state index in [0.717, 1.165) is 16.9 Å². The number of rotatable bonds is 4. The molecule has 144 valence electrons. The van der Waals surface area contributed by atoms with Crippen molar-refractivity contribution < 1.29 is 13.2 Å². The summed E-state index contributed by atoms with van der Waals surface area (Å²) in [6.07, 6.45) is 3.64. The number of benzene rings is 1. The van der Waals surface area contributed by atoms with Crippen LogP contribution in [0.4, 0.5) is 11.4 Å². The van der Waals surface area contributed by atoms with Crippen LogP contribution in [0, 0.1) is 0 Å². The molecule has 0 saturated carbocycles. The van der Waals surface area contributed by atoms with E-state index in [2.05, 4.69) is 15.3 Å². The van der Waals surface area contributed by atoms with Gasteiger partial charge in [0.1, 0.15) is 5.69 Å². The number of nitrogens with zero attached hydrogens (tertiary/aromatic N) is 2. The van der Waals surface area contributed by atoms with Crippen LogP contribution in [0.3, 0.4) is 0 Å². The molecule has 0 radical (unpaired) electrons. The predicted molar refractivity (Wildman–Crippen MR) is 109 cm³/mol. The Labute approximate surface area is 163 Å². The van der Waals surface area contributed by atoms with Gasteiger partial charge in [0.25, 0.3) is 5.91 Å². The lowest BCUT2D eigenvalue weighted by Crippen LogP contribution is -2.40. The second kappa shape index (κ2) is 7.47. The number of hydrogen-bond donors (Lipinski definition) is 2. The van der Waals surface area contributed by atoms with E-state index in [4.69, 9.17) is 0 Å². The average molecular weight is 396 g/mol. The zero-order valence-electron chi connectivity index (χ0n) is 15.1. The van der Waals surface area contributed by atoms with Gasteiger partial charge in [-0.05, 0) is 42.5 Å². The van der Waals surface area contributed by atoms with E-state index in [1.165, 1.54) is 0 Å². The van der Waals surface area contributed by atoms with Crippen molar-refractivity contribution in [2.75, 3.05) is 34.8 Å². The summed E-state index contributed by atoms with van der Waals surface area (Å²) in [5.41, 5.74) is 3.59. The van der Waals surface area contributed by atoms with Crippen molar-refractivity contribution in [1.29, 1.82) is 0 Å². The molecule has 1 aromatic carbocycles. The topological polar surface area (TPSA) is 95.2 Å². The van der Waals surface area contributed by atoms with E-state index < -0.39 is 9.84 Å². The molecular weight excluding hydrogens is 376 g/mol. The van der Waals surface area contributed by atoms with Crippen LogP contribution in [0.2, 0.25) is 0 Å². The predicted octanol–water partition coefficient (Wildman–Crippen LogP) is 2.56. The molecule has 1 aliphatic heterocycles. The highest BCUT2D eigenvalue weighted by Gasteiger charge is 2.21. The van der Waals surface area contributed by atoms with Gasteiger partial charge in [-0.25, -0.2) is 13.4 Å². The maximum absolute atomic E-state index is 12.5. The Morgan fingerprint density at radius 2 is 1.79 bits per heavy atom. The molecule has 0 aliphatic carbocycles. The van der Waals surface area contributed by atoms with Gasteiger partial charge < -0.3 is 15.2 Å². The van der Waals surface area contributed by atoms with Crippen LogP contribution >= 0.6 is 0 Å². The number of aromatic amines is 1. The molecule has 0 atom stereocenters. The summed E-state index contributed by atoms with van der Waals surface area (Å²) >= 11 is 0. The largest absolute Gasteiger partial charge is 0.369 e. The van der Waals surface area contributed by atoms with Crippen LogP contribution in [-0.4, -0.2) is 48.9 Å². The van der Waals surface area contributed by atoms with Crippen molar-refractivity contribution in [2.45, 2.75) is 0 Å². The third kappa shape index (κ3) is 4.07. The quantitative estimate of drug-likeness (QED) is 0.707. The molecule has 3 aromatic rings. The molecular formula is C20H20N4O3S. The lowest BCUT2D eigenvalue weighted by atomic mass is 10.2. The SMILES string of the molecule is O=C(Nc1ccc(N2CCS(=O)(=O)CC2)cc1)c1cccc(-c2cc[nH]c2)n1. The zero-order valence-corrected chi connectivity index (χ0v) is 15.9. The molecule has 0 unspecified atom stereocenters. The molecule has 1 fully saturated rings. The minimum atomic E-state index is -2.91. The molecule has 28 heavy (non-hydrogen) atoms. The fourth-order valence-corrected chi connectivity index (χ4v) is 4.33. The van der Waals surface area contributed by atoms with Crippen molar-refractivity contribution in [1.82, 2.24) is 9.97 Å². The second-order valence-corrected chi connectivity index (χ2v) is 8.95. The first kappa shape index (κ1) is 18.2. The zero-order chi connectivity index (χ0) is 19.6. The molecule has 2 N–H and O–H groups in total. The summed E-state index contributed by atoms with van der Waals surface area (Å²) in [6, 6.07) is 14.6. The van der Waals surface area contributed by atoms with E-state index >= 15 is 0 Å². The summed E-state index contributed by atoms with van der Waals surface area (Å²) in [5, 5.41) is 2.85. The number of pyridine rings is 1.